The Bertz CT molecular complexity index is 513. The maximum absolute atomic E-state index is 14.0. The van der Waals surface area contributed by atoms with Gasteiger partial charge in [-0.25, -0.2) is 9.37 Å². The van der Waals surface area contributed by atoms with Crippen molar-refractivity contribution in [1.82, 2.24) is 4.98 Å². The van der Waals surface area contributed by atoms with Crippen molar-refractivity contribution in [1.29, 1.82) is 0 Å². The Hall–Kier alpha value is -1.26. The van der Waals surface area contributed by atoms with E-state index >= 15 is 0 Å². The molecule has 90 valence electrons. The first kappa shape index (κ1) is 12.2. The molecule has 0 unspecified atom stereocenters. The molecule has 2 nitrogen and oxygen atoms in total. The number of rotatable bonds is 3. The summed E-state index contributed by atoms with van der Waals surface area (Å²) >= 11 is 1.48. The van der Waals surface area contributed by atoms with E-state index in [1.165, 1.54) is 11.3 Å². The van der Waals surface area contributed by atoms with Crippen LogP contribution in [0.25, 0.3) is 10.6 Å². The van der Waals surface area contributed by atoms with Gasteiger partial charge in [-0.2, -0.15) is 0 Å². The molecule has 0 bridgehead atoms. The monoisotopic (exact) mass is 250 g/mol. The molecule has 0 saturated heterocycles. The minimum absolute atomic E-state index is 0.188. The largest absolute Gasteiger partial charge is 0.326 e. The molecule has 2 aromatic rings. The third kappa shape index (κ3) is 2.23. The minimum Gasteiger partial charge on any atom is -0.326 e. The molecule has 0 fully saturated rings. The molecule has 0 spiro atoms. The Morgan fingerprint density at radius 2 is 2.18 bits per heavy atom. The van der Waals surface area contributed by atoms with Crippen LogP contribution in [0, 0.1) is 12.7 Å². The van der Waals surface area contributed by atoms with Crippen LogP contribution in [0.15, 0.2) is 18.2 Å². The summed E-state index contributed by atoms with van der Waals surface area (Å²) in [7, 11) is 0. The van der Waals surface area contributed by atoms with Gasteiger partial charge in [0.2, 0.25) is 0 Å². The molecule has 2 N–H and O–H groups in total. The van der Waals surface area contributed by atoms with Gasteiger partial charge in [-0.15, -0.1) is 11.3 Å². The normalized spacial score (nSPS) is 10.8. The molecule has 0 aliphatic carbocycles. The van der Waals surface area contributed by atoms with Crippen LogP contribution in [0.3, 0.4) is 0 Å². The van der Waals surface area contributed by atoms with Crippen molar-refractivity contribution >= 4 is 11.3 Å². The van der Waals surface area contributed by atoms with Gasteiger partial charge < -0.3 is 5.73 Å². The third-order valence-corrected chi connectivity index (χ3v) is 3.87. The average molecular weight is 250 g/mol. The van der Waals surface area contributed by atoms with Crippen LogP contribution < -0.4 is 5.73 Å². The Kier molecular flexibility index (Phi) is 3.54. The minimum atomic E-state index is -0.188. The zero-order chi connectivity index (χ0) is 12.4. The van der Waals surface area contributed by atoms with E-state index in [9.17, 15) is 4.39 Å². The fourth-order valence-electron chi connectivity index (χ4n) is 1.75. The fourth-order valence-corrected chi connectivity index (χ4v) is 2.79. The molecular weight excluding hydrogens is 235 g/mol. The predicted molar refractivity (Wildman–Crippen MR) is 69.5 cm³/mol. The lowest BCUT2D eigenvalue weighted by Gasteiger charge is -2.01. The molecule has 0 atom stereocenters. The zero-order valence-corrected chi connectivity index (χ0v) is 10.8. The van der Waals surface area contributed by atoms with Crippen LogP contribution in [0.1, 0.15) is 23.1 Å². The van der Waals surface area contributed by atoms with Gasteiger partial charge in [-0.05, 0) is 25.0 Å². The van der Waals surface area contributed by atoms with E-state index in [4.69, 9.17) is 5.73 Å². The number of aryl methyl sites for hydroxylation is 2. The summed E-state index contributed by atoms with van der Waals surface area (Å²) in [4.78, 5) is 5.52. The number of nitrogens with zero attached hydrogens (tertiary/aromatic N) is 1. The number of aromatic nitrogens is 1. The summed E-state index contributed by atoms with van der Waals surface area (Å²) in [5, 5.41) is 0.725. The summed E-state index contributed by atoms with van der Waals surface area (Å²) < 4.78 is 14.0. The SMILES string of the molecule is CCc1nc(-c2cccc(C)c2F)sc1CN. The lowest BCUT2D eigenvalue weighted by molar-refractivity contribution is 0.622. The van der Waals surface area contributed by atoms with Crippen LogP contribution in [0.2, 0.25) is 0 Å². The molecule has 0 saturated carbocycles. The van der Waals surface area contributed by atoms with Crippen molar-refractivity contribution in [3.05, 3.63) is 40.2 Å². The fraction of sp³-hybridized carbons (Fsp3) is 0.308. The van der Waals surface area contributed by atoms with Crippen LogP contribution >= 0.6 is 11.3 Å². The molecule has 17 heavy (non-hydrogen) atoms. The number of hydrogen-bond donors (Lipinski definition) is 1. The van der Waals surface area contributed by atoms with Crippen molar-refractivity contribution in [2.45, 2.75) is 26.8 Å². The number of thiazole rings is 1. The topological polar surface area (TPSA) is 38.9 Å². The number of benzene rings is 1. The van der Waals surface area contributed by atoms with Gasteiger partial charge in [0.15, 0.2) is 0 Å². The molecule has 0 aliphatic heterocycles. The summed E-state index contributed by atoms with van der Waals surface area (Å²) in [5.74, 6) is -0.188. The Balaban J connectivity index is 2.53. The molecule has 1 aromatic carbocycles. The predicted octanol–water partition coefficient (Wildman–Crippen LogP) is 3.28. The van der Waals surface area contributed by atoms with Crippen molar-refractivity contribution < 1.29 is 4.39 Å². The molecule has 1 heterocycles. The highest BCUT2D eigenvalue weighted by Crippen LogP contribution is 2.31. The van der Waals surface area contributed by atoms with Gasteiger partial charge in [0.05, 0.1) is 5.69 Å². The lowest BCUT2D eigenvalue weighted by Crippen LogP contribution is -1.96. The Morgan fingerprint density at radius 1 is 1.41 bits per heavy atom. The van der Waals surface area contributed by atoms with E-state index in [2.05, 4.69) is 4.98 Å². The van der Waals surface area contributed by atoms with Crippen molar-refractivity contribution in [3.8, 4) is 10.6 Å². The standard InChI is InChI=1S/C13H15FN2S/c1-3-10-11(7-15)17-13(16-10)9-6-4-5-8(2)12(9)14/h4-6H,3,7,15H2,1-2H3. The van der Waals surface area contributed by atoms with E-state index in [1.807, 2.05) is 13.0 Å². The highest BCUT2D eigenvalue weighted by Gasteiger charge is 2.14. The average Bonchev–Trinajstić information content (AvgIpc) is 2.75. The van der Waals surface area contributed by atoms with Crippen molar-refractivity contribution in [3.63, 3.8) is 0 Å². The number of hydrogen-bond acceptors (Lipinski definition) is 3. The Labute approximate surface area is 104 Å². The molecule has 0 amide bonds. The summed E-state index contributed by atoms with van der Waals surface area (Å²) in [6.07, 6.45) is 0.830. The molecular formula is C13H15FN2S. The number of halogens is 1. The summed E-state index contributed by atoms with van der Waals surface area (Å²) in [5.41, 5.74) is 7.86. The van der Waals surface area contributed by atoms with E-state index < -0.39 is 0 Å². The summed E-state index contributed by atoms with van der Waals surface area (Å²) in [6.45, 7) is 4.26. The second-order valence-electron chi connectivity index (χ2n) is 3.88. The van der Waals surface area contributed by atoms with Gasteiger partial charge in [0.1, 0.15) is 10.8 Å². The summed E-state index contributed by atoms with van der Waals surface area (Å²) in [6, 6.07) is 5.38. The highest BCUT2D eigenvalue weighted by atomic mass is 32.1. The first-order chi connectivity index (χ1) is 8.17. The lowest BCUT2D eigenvalue weighted by atomic mass is 10.1. The van der Waals surface area contributed by atoms with Gasteiger partial charge >= 0.3 is 0 Å². The van der Waals surface area contributed by atoms with E-state index in [-0.39, 0.29) is 5.82 Å². The second kappa shape index (κ2) is 4.94. The molecule has 4 heteroatoms. The van der Waals surface area contributed by atoms with E-state index in [1.54, 1.807) is 19.1 Å². The quantitative estimate of drug-likeness (QED) is 0.908. The van der Waals surface area contributed by atoms with Crippen LogP contribution in [0.4, 0.5) is 4.39 Å². The molecule has 1 aromatic heterocycles. The van der Waals surface area contributed by atoms with E-state index in [0.29, 0.717) is 17.7 Å². The van der Waals surface area contributed by atoms with Crippen molar-refractivity contribution in [2.75, 3.05) is 0 Å². The van der Waals surface area contributed by atoms with Crippen molar-refractivity contribution in [2.24, 2.45) is 5.73 Å². The van der Waals surface area contributed by atoms with Crippen LogP contribution in [0.5, 0.6) is 0 Å². The Morgan fingerprint density at radius 3 is 2.76 bits per heavy atom. The van der Waals surface area contributed by atoms with Gasteiger partial charge in [-0.3, -0.25) is 0 Å². The van der Waals surface area contributed by atoms with Gasteiger partial charge in [0, 0.05) is 17.0 Å². The second-order valence-corrected chi connectivity index (χ2v) is 4.97. The first-order valence-corrected chi connectivity index (χ1v) is 6.43. The van der Waals surface area contributed by atoms with Gasteiger partial charge in [0.25, 0.3) is 0 Å². The molecule has 0 radical (unpaired) electrons. The maximum Gasteiger partial charge on any atom is 0.136 e. The third-order valence-electron chi connectivity index (χ3n) is 2.72. The first-order valence-electron chi connectivity index (χ1n) is 5.61. The highest BCUT2D eigenvalue weighted by molar-refractivity contribution is 7.15. The van der Waals surface area contributed by atoms with Gasteiger partial charge in [-0.1, -0.05) is 19.1 Å². The smallest absolute Gasteiger partial charge is 0.136 e. The van der Waals surface area contributed by atoms with Crippen LogP contribution in [-0.2, 0) is 13.0 Å². The van der Waals surface area contributed by atoms with Crippen LogP contribution in [-0.4, -0.2) is 4.98 Å². The maximum atomic E-state index is 14.0. The number of nitrogens with two attached hydrogens (primary N) is 1. The molecule has 2 rings (SSSR count). The molecule has 0 aliphatic rings. The zero-order valence-electron chi connectivity index (χ0n) is 9.96. The van der Waals surface area contributed by atoms with E-state index in [0.717, 1.165) is 22.0 Å².